The SMILES string of the molecule is CC(C)(C)[C@H](c1nc(-c2cc(F)ccc2F)cn1Cc1ccccc1)N(CC[C@H](N)C(=O)NCCC(=O)O)C(=O)CO. The van der Waals surface area contributed by atoms with E-state index in [4.69, 9.17) is 15.8 Å². The second-order valence-electron chi connectivity index (χ2n) is 11.1. The maximum Gasteiger partial charge on any atom is 0.305 e. The van der Waals surface area contributed by atoms with E-state index < -0.39 is 53.5 Å². The van der Waals surface area contributed by atoms with Crippen LogP contribution in [0.3, 0.4) is 0 Å². The summed E-state index contributed by atoms with van der Waals surface area (Å²) < 4.78 is 30.7. The number of carbonyl (C=O) groups excluding carboxylic acids is 2. The molecule has 5 N–H and O–H groups in total. The van der Waals surface area contributed by atoms with Gasteiger partial charge >= 0.3 is 5.97 Å². The third kappa shape index (κ3) is 8.43. The number of hydrogen-bond acceptors (Lipinski definition) is 6. The highest BCUT2D eigenvalue weighted by Crippen LogP contribution is 2.39. The normalized spacial score (nSPS) is 12.9. The van der Waals surface area contributed by atoms with Gasteiger partial charge in [0, 0.05) is 31.4 Å². The molecule has 0 aliphatic carbocycles. The molecule has 0 radical (unpaired) electrons. The number of halogens is 2. The molecule has 2 amide bonds. The molecular formula is C30H37F2N5O5. The maximum absolute atomic E-state index is 14.8. The van der Waals surface area contributed by atoms with Crippen LogP contribution in [-0.2, 0) is 20.9 Å². The number of aromatic nitrogens is 2. The number of aliphatic carboxylic acids is 1. The average Bonchev–Trinajstić information content (AvgIpc) is 3.33. The number of nitrogens with one attached hydrogen (secondary N) is 1. The van der Waals surface area contributed by atoms with Crippen LogP contribution in [0.2, 0.25) is 0 Å². The number of benzene rings is 2. The summed E-state index contributed by atoms with van der Waals surface area (Å²) in [5, 5.41) is 21.1. The number of carboxylic acid groups (broad SMARTS) is 1. The minimum absolute atomic E-state index is 0.00198. The smallest absolute Gasteiger partial charge is 0.305 e. The van der Waals surface area contributed by atoms with Crippen LogP contribution in [0.25, 0.3) is 11.3 Å². The highest BCUT2D eigenvalue weighted by Gasteiger charge is 2.38. The molecule has 2 atom stereocenters. The number of hydrogen-bond donors (Lipinski definition) is 4. The summed E-state index contributed by atoms with van der Waals surface area (Å²) in [5.41, 5.74) is 6.39. The number of carbonyl (C=O) groups is 3. The van der Waals surface area contributed by atoms with Crippen molar-refractivity contribution in [3.8, 4) is 11.3 Å². The first-order valence-electron chi connectivity index (χ1n) is 13.5. The van der Waals surface area contributed by atoms with Crippen LogP contribution in [-0.4, -0.2) is 68.2 Å². The second kappa shape index (κ2) is 14.1. The van der Waals surface area contributed by atoms with E-state index >= 15 is 0 Å². The van der Waals surface area contributed by atoms with Crippen molar-refractivity contribution in [2.24, 2.45) is 11.1 Å². The summed E-state index contributed by atoms with van der Waals surface area (Å²) >= 11 is 0. The zero-order chi connectivity index (χ0) is 31.0. The molecule has 0 spiro atoms. The molecule has 0 aliphatic heterocycles. The van der Waals surface area contributed by atoms with Gasteiger partial charge in [0.25, 0.3) is 0 Å². The number of imidazole rings is 1. The molecule has 0 fully saturated rings. The Morgan fingerprint density at radius 1 is 1.12 bits per heavy atom. The lowest BCUT2D eigenvalue weighted by molar-refractivity contribution is -0.140. The van der Waals surface area contributed by atoms with E-state index in [1.165, 1.54) is 4.90 Å². The molecule has 0 aliphatic rings. The Kier molecular flexibility index (Phi) is 10.9. The number of aliphatic hydroxyl groups is 1. The van der Waals surface area contributed by atoms with E-state index in [2.05, 4.69) is 5.32 Å². The van der Waals surface area contributed by atoms with E-state index in [0.717, 1.165) is 23.8 Å². The molecule has 12 heteroatoms. The molecule has 0 bridgehead atoms. The van der Waals surface area contributed by atoms with E-state index in [-0.39, 0.29) is 37.2 Å². The van der Waals surface area contributed by atoms with Gasteiger partial charge in [-0.2, -0.15) is 0 Å². The Morgan fingerprint density at radius 3 is 2.43 bits per heavy atom. The van der Waals surface area contributed by atoms with Crippen molar-refractivity contribution in [1.82, 2.24) is 19.8 Å². The summed E-state index contributed by atoms with van der Waals surface area (Å²) in [6.45, 7) is 4.96. The highest BCUT2D eigenvalue weighted by atomic mass is 19.1. The van der Waals surface area contributed by atoms with Crippen LogP contribution in [0.5, 0.6) is 0 Å². The maximum atomic E-state index is 14.8. The number of aliphatic hydroxyl groups excluding tert-OH is 1. The van der Waals surface area contributed by atoms with Crippen molar-refractivity contribution < 1.29 is 33.4 Å². The Morgan fingerprint density at radius 2 is 1.81 bits per heavy atom. The summed E-state index contributed by atoms with van der Waals surface area (Å²) in [5.74, 6) is -3.21. The third-order valence-corrected chi connectivity index (χ3v) is 6.70. The van der Waals surface area contributed by atoms with Crippen molar-refractivity contribution in [1.29, 1.82) is 0 Å². The van der Waals surface area contributed by atoms with Crippen LogP contribution < -0.4 is 11.1 Å². The molecule has 42 heavy (non-hydrogen) atoms. The van der Waals surface area contributed by atoms with Crippen molar-refractivity contribution in [2.75, 3.05) is 19.7 Å². The van der Waals surface area contributed by atoms with Crippen molar-refractivity contribution >= 4 is 17.8 Å². The van der Waals surface area contributed by atoms with Crippen LogP contribution in [0.4, 0.5) is 8.78 Å². The number of amides is 2. The lowest BCUT2D eigenvalue weighted by Crippen LogP contribution is -2.48. The van der Waals surface area contributed by atoms with Crippen LogP contribution in [0, 0.1) is 17.0 Å². The number of nitrogens with two attached hydrogens (primary N) is 1. The van der Waals surface area contributed by atoms with Gasteiger partial charge in [0.05, 0.1) is 24.2 Å². The van der Waals surface area contributed by atoms with E-state index in [1.54, 1.807) is 10.8 Å². The lowest BCUT2D eigenvalue weighted by Gasteiger charge is -2.40. The van der Waals surface area contributed by atoms with Crippen LogP contribution >= 0.6 is 0 Å². The quantitative estimate of drug-likeness (QED) is 0.241. The average molecular weight is 586 g/mol. The van der Waals surface area contributed by atoms with Crippen molar-refractivity contribution in [2.45, 2.75) is 52.2 Å². The van der Waals surface area contributed by atoms with Gasteiger partial charge in [-0.1, -0.05) is 51.1 Å². The lowest BCUT2D eigenvalue weighted by atomic mass is 9.84. The molecule has 0 saturated carbocycles. The van der Waals surface area contributed by atoms with Gasteiger partial charge in [-0.05, 0) is 35.6 Å². The first kappa shape index (κ1) is 32.4. The standard InChI is InChI=1S/C30H37F2N5O5/c1-30(2,3)27(37(25(39)18-38)14-12-23(33)29(42)34-13-11-26(40)41)28-35-24(21-15-20(31)9-10-22(21)32)17-36(28)16-19-7-5-4-6-8-19/h4-10,15,17,23,27,38H,11-14,16,18,33H2,1-3H3,(H,34,42)(H,40,41)/t23-,27-/m0/s1. The monoisotopic (exact) mass is 585 g/mol. The predicted molar refractivity (Wildman–Crippen MR) is 152 cm³/mol. The van der Waals surface area contributed by atoms with Gasteiger partial charge in [0.1, 0.15) is 24.1 Å². The molecule has 1 aromatic heterocycles. The molecule has 226 valence electrons. The molecule has 0 unspecified atom stereocenters. The van der Waals surface area contributed by atoms with Crippen molar-refractivity contribution in [3.05, 3.63) is 77.8 Å². The largest absolute Gasteiger partial charge is 0.481 e. The van der Waals surface area contributed by atoms with Crippen LogP contribution in [0.1, 0.15) is 51.0 Å². The van der Waals surface area contributed by atoms with E-state index in [9.17, 15) is 28.3 Å². The van der Waals surface area contributed by atoms with E-state index in [0.29, 0.717) is 12.4 Å². The Balaban J connectivity index is 2.04. The van der Waals surface area contributed by atoms with Gasteiger partial charge in [-0.15, -0.1) is 0 Å². The molecular weight excluding hydrogens is 548 g/mol. The van der Waals surface area contributed by atoms with Crippen molar-refractivity contribution in [3.63, 3.8) is 0 Å². The van der Waals surface area contributed by atoms with Gasteiger partial charge in [-0.3, -0.25) is 14.4 Å². The fourth-order valence-electron chi connectivity index (χ4n) is 4.69. The minimum Gasteiger partial charge on any atom is -0.481 e. The third-order valence-electron chi connectivity index (χ3n) is 6.70. The Hall–Kier alpha value is -4.16. The van der Waals surface area contributed by atoms with Gasteiger partial charge in [0.15, 0.2) is 0 Å². The van der Waals surface area contributed by atoms with Gasteiger partial charge < -0.3 is 30.7 Å². The predicted octanol–water partition coefficient (Wildman–Crippen LogP) is 3.09. The highest BCUT2D eigenvalue weighted by molar-refractivity contribution is 5.82. The fourth-order valence-corrected chi connectivity index (χ4v) is 4.69. The number of rotatable bonds is 13. The number of nitrogens with zero attached hydrogens (tertiary/aromatic N) is 3. The Bertz CT molecular complexity index is 1390. The zero-order valence-electron chi connectivity index (χ0n) is 23.9. The zero-order valence-corrected chi connectivity index (χ0v) is 23.9. The summed E-state index contributed by atoms with van der Waals surface area (Å²) in [6, 6.07) is 10.6. The fraction of sp³-hybridized carbons (Fsp3) is 0.400. The topological polar surface area (TPSA) is 151 Å². The molecule has 2 aromatic carbocycles. The Labute approximate surface area is 243 Å². The summed E-state index contributed by atoms with van der Waals surface area (Å²) in [7, 11) is 0. The molecule has 10 nitrogen and oxygen atoms in total. The van der Waals surface area contributed by atoms with Gasteiger partial charge in [0.2, 0.25) is 11.8 Å². The summed E-state index contributed by atoms with van der Waals surface area (Å²) in [6.07, 6.45) is 1.34. The van der Waals surface area contributed by atoms with Gasteiger partial charge in [-0.25, -0.2) is 13.8 Å². The molecule has 0 saturated heterocycles. The summed E-state index contributed by atoms with van der Waals surface area (Å²) in [4.78, 5) is 42.5. The molecule has 1 heterocycles. The minimum atomic E-state index is -1.07. The molecule has 3 rings (SSSR count). The first-order chi connectivity index (χ1) is 19.8. The van der Waals surface area contributed by atoms with Crippen LogP contribution in [0.15, 0.2) is 54.7 Å². The first-order valence-corrected chi connectivity index (χ1v) is 13.5. The van der Waals surface area contributed by atoms with E-state index in [1.807, 2.05) is 51.1 Å². The number of carboxylic acids is 1. The second-order valence-corrected chi connectivity index (χ2v) is 11.1. The molecule has 3 aromatic rings.